The summed E-state index contributed by atoms with van der Waals surface area (Å²) in [4.78, 5) is 13.9. The quantitative estimate of drug-likeness (QED) is 0.840. The Balaban J connectivity index is 2.04. The number of rotatable bonds is 4. The molecule has 0 aliphatic rings. The van der Waals surface area contributed by atoms with Crippen LogP contribution in [0.5, 0.6) is 0 Å². The highest BCUT2D eigenvalue weighted by atomic mass is 32.1. The summed E-state index contributed by atoms with van der Waals surface area (Å²) in [6.45, 7) is 2.00. The van der Waals surface area contributed by atoms with E-state index in [0.717, 1.165) is 15.3 Å². The van der Waals surface area contributed by atoms with Crippen molar-refractivity contribution in [1.82, 2.24) is 0 Å². The molecule has 3 heteroatoms. The number of hydrogen-bond acceptors (Lipinski definition) is 3. The Bertz CT molecular complexity index is 504. The molecule has 0 bridgehead atoms. The molecule has 2 nitrogen and oxygen atoms in total. The molecule has 1 unspecified atom stereocenters. The lowest BCUT2D eigenvalue weighted by atomic mass is 10.0. The lowest BCUT2D eigenvalue weighted by Crippen LogP contribution is -2.14. The van der Waals surface area contributed by atoms with Crippen LogP contribution >= 0.6 is 11.3 Å². The van der Waals surface area contributed by atoms with Gasteiger partial charge in [0, 0.05) is 17.3 Å². The van der Waals surface area contributed by atoms with Crippen molar-refractivity contribution in [3.8, 4) is 0 Å². The Labute approximate surface area is 105 Å². The predicted molar refractivity (Wildman–Crippen MR) is 71.4 cm³/mol. The minimum absolute atomic E-state index is 0.124. The topological polar surface area (TPSA) is 43.1 Å². The van der Waals surface area contributed by atoms with Gasteiger partial charge in [-0.25, -0.2) is 0 Å². The van der Waals surface area contributed by atoms with Crippen LogP contribution < -0.4 is 5.73 Å². The molecule has 0 aliphatic carbocycles. The maximum Gasteiger partial charge on any atom is 0.174 e. The summed E-state index contributed by atoms with van der Waals surface area (Å²) in [5, 5.41) is 0. The molecule has 1 heterocycles. The Morgan fingerprint density at radius 3 is 2.53 bits per heavy atom. The van der Waals surface area contributed by atoms with Crippen molar-refractivity contribution in [2.45, 2.75) is 19.4 Å². The fraction of sp³-hybridized carbons (Fsp3) is 0.214. The minimum atomic E-state index is -0.217. The Kier molecular flexibility index (Phi) is 3.71. The van der Waals surface area contributed by atoms with Gasteiger partial charge in [-0.1, -0.05) is 30.3 Å². The summed E-state index contributed by atoms with van der Waals surface area (Å²) in [6, 6.07) is 13.4. The molecule has 2 rings (SSSR count). The first kappa shape index (κ1) is 12.0. The number of hydrogen-bond donors (Lipinski definition) is 1. The molecule has 2 N–H and O–H groups in total. The van der Waals surface area contributed by atoms with E-state index in [4.69, 9.17) is 5.73 Å². The van der Waals surface area contributed by atoms with Crippen molar-refractivity contribution in [1.29, 1.82) is 0 Å². The zero-order valence-corrected chi connectivity index (χ0v) is 10.5. The largest absolute Gasteiger partial charge is 0.324 e. The van der Waals surface area contributed by atoms with E-state index in [2.05, 4.69) is 0 Å². The van der Waals surface area contributed by atoms with E-state index in [0.29, 0.717) is 6.42 Å². The molecule has 1 aromatic carbocycles. The average Bonchev–Trinajstić information content (AvgIpc) is 2.77. The van der Waals surface area contributed by atoms with Crippen LogP contribution in [0, 0.1) is 6.92 Å². The molecule has 1 aromatic heterocycles. The van der Waals surface area contributed by atoms with E-state index < -0.39 is 0 Å². The van der Waals surface area contributed by atoms with Crippen LogP contribution in [0.15, 0.2) is 42.5 Å². The fourth-order valence-corrected chi connectivity index (χ4v) is 2.52. The number of nitrogens with two attached hydrogens (primary N) is 1. The summed E-state index contributed by atoms with van der Waals surface area (Å²) >= 11 is 1.53. The molecule has 88 valence electrons. The third-order valence-corrected chi connectivity index (χ3v) is 3.69. The third-order valence-electron chi connectivity index (χ3n) is 2.65. The van der Waals surface area contributed by atoms with Gasteiger partial charge in [0.25, 0.3) is 0 Å². The molecule has 0 saturated heterocycles. The first-order valence-electron chi connectivity index (χ1n) is 5.57. The number of ketones is 1. The van der Waals surface area contributed by atoms with E-state index in [-0.39, 0.29) is 11.8 Å². The van der Waals surface area contributed by atoms with Gasteiger partial charge in [0.05, 0.1) is 4.88 Å². The first-order valence-corrected chi connectivity index (χ1v) is 6.38. The lowest BCUT2D eigenvalue weighted by molar-refractivity contribution is 0.0978. The molecule has 0 amide bonds. The van der Waals surface area contributed by atoms with Gasteiger partial charge < -0.3 is 5.73 Å². The molecule has 17 heavy (non-hydrogen) atoms. The molecule has 0 radical (unpaired) electrons. The standard InChI is InChI=1S/C14H15NOS/c1-10-7-8-14(17-10)13(16)9-12(15)11-5-3-2-4-6-11/h2-8,12H,9,15H2,1H3. The molecule has 0 aliphatic heterocycles. The van der Waals surface area contributed by atoms with Crippen molar-refractivity contribution < 1.29 is 4.79 Å². The van der Waals surface area contributed by atoms with E-state index in [1.165, 1.54) is 11.3 Å². The van der Waals surface area contributed by atoms with Crippen LogP contribution in [0.4, 0.5) is 0 Å². The zero-order valence-electron chi connectivity index (χ0n) is 9.72. The van der Waals surface area contributed by atoms with Crippen molar-refractivity contribution >= 4 is 17.1 Å². The van der Waals surface area contributed by atoms with Crippen LogP contribution in [0.2, 0.25) is 0 Å². The van der Waals surface area contributed by atoms with E-state index in [1.807, 2.05) is 49.4 Å². The maximum atomic E-state index is 12.0. The zero-order chi connectivity index (χ0) is 12.3. The van der Waals surface area contributed by atoms with Gasteiger partial charge >= 0.3 is 0 Å². The van der Waals surface area contributed by atoms with Gasteiger partial charge in [-0.2, -0.15) is 0 Å². The number of benzene rings is 1. The highest BCUT2D eigenvalue weighted by Gasteiger charge is 2.14. The van der Waals surface area contributed by atoms with Gasteiger partial charge in [-0.15, -0.1) is 11.3 Å². The minimum Gasteiger partial charge on any atom is -0.324 e. The van der Waals surface area contributed by atoms with Gasteiger partial charge in [0.15, 0.2) is 5.78 Å². The molecular weight excluding hydrogens is 230 g/mol. The molecule has 0 spiro atoms. The fourth-order valence-electron chi connectivity index (χ4n) is 1.70. The Morgan fingerprint density at radius 1 is 1.24 bits per heavy atom. The van der Waals surface area contributed by atoms with Crippen LogP contribution in [-0.2, 0) is 0 Å². The number of Topliss-reactive ketones (excluding diaryl/α,β-unsaturated/α-hetero) is 1. The number of aryl methyl sites for hydroxylation is 1. The molecule has 1 atom stereocenters. The van der Waals surface area contributed by atoms with Crippen molar-refractivity contribution in [2.24, 2.45) is 5.73 Å². The van der Waals surface area contributed by atoms with Crippen LogP contribution in [-0.4, -0.2) is 5.78 Å². The molecule has 2 aromatic rings. The second kappa shape index (κ2) is 5.25. The highest BCUT2D eigenvalue weighted by Crippen LogP contribution is 2.21. The Morgan fingerprint density at radius 2 is 1.94 bits per heavy atom. The molecular formula is C14H15NOS. The molecule has 0 saturated carbocycles. The second-order valence-corrected chi connectivity index (χ2v) is 5.34. The smallest absolute Gasteiger partial charge is 0.174 e. The van der Waals surface area contributed by atoms with Gasteiger partial charge in [0.1, 0.15) is 0 Å². The van der Waals surface area contributed by atoms with E-state index in [9.17, 15) is 4.79 Å². The van der Waals surface area contributed by atoms with Crippen LogP contribution in [0.25, 0.3) is 0 Å². The van der Waals surface area contributed by atoms with Gasteiger partial charge in [0.2, 0.25) is 0 Å². The highest BCUT2D eigenvalue weighted by molar-refractivity contribution is 7.14. The summed E-state index contributed by atoms with van der Waals surface area (Å²) in [7, 11) is 0. The number of carbonyl (C=O) groups excluding carboxylic acids is 1. The summed E-state index contributed by atoms with van der Waals surface area (Å²) in [5.74, 6) is 0.124. The third kappa shape index (κ3) is 3.02. The van der Waals surface area contributed by atoms with Crippen molar-refractivity contribution in [2.75, 3.05) is 0 Å². The van der Waals surface area contributed by atoms with Crippen LogP contribution in [0.3, 0.4) is 0 Å². The lowest BCUT2D eigenvalue weighted by Gasteiger charge is -2.10. The predicted octanol–water partition coefficient (Wildman–Crippen LogP) is 3.33. The summed E-state index contributed by atoms with van der Waals surface area (Å²) in [5.41, 5.74) is 7.03. The van der Waals surface area contributed by atoms with Gasteiger partial charge in [-0.3, -0.25) is 4.79 Å². The maximum absolute atomic E-state index is 12.0. The first-order chi connectivity index (χ1) is 8.16. The van der Waals surface area contributed by atoms with Crippen molar-refractivity contribution in [3.05, 3.63) is 57.8 Å². The summed E-state index contributed by atoms with van der Waals surface area (Å²) < 4.78 is 0. The van der Waals surface area contributed by atoms with E-state index >= 15 is 0 Å². The van der Waals surface area contributed by atoms with Gasteiger partial charge in [-0.05, 0) is 24.6 Å². The van der Waals surface area contributed by atoms with E-state index in [1.54, 1.807) is 0 Å². The van der Waals surface area contributed by atoms with Crippen molar-refractivity contribution in [3.63, 3.8) is 0 Å². The number of carbonyl (C=O) groups is 1. The Hall–Kier alpha value is -1.45. The molecule has 0 fully saturated rings. The SMILES string of the molecule is Cc1ccc(C(=O)CC(N)c2ccccc2)s1. The summed E-state index contributed by atoms with van der Waals surface area (Å²) in [6.07, 6.45) is 0.365. The monoisotopic (exact) mass is 245 g/mol. The average molecular weight is 245 g/mol. The number of thiophene rings is 1. The van der Waals surface area contributed by atoms with Crippen LogP contribution in [0.1, 0.15) is 32.6 Å². The second-order valence-electron chi connectivity index (χ2n) is 4.05. The normalized spacial score (nSPS) is 12.4.